The number of hydrogen-bond donors (Lipinski definition) is 1. The molecule has 0 heterocycles. The number of unbranched alkanes of at least 4 members (excludes halogenated alkanes) is 14. The second-order valence-corrected chi connectivity index (χ2v) is 9.22. The summed E-state index contributed by atoms with van der Waals surface area (Å²) in [4.78, 5) is 3.84. The van der Waals surface area contributed by atoms with E-state index < -0.39 is 10.1 Å². The summed E-state index contributed by atoms with van der Waals surface area (Å²) in [6, 6.07) is 0. The van der Waals surface area contributed by atoms with E-state index in [0.29, 0.717) is 19.4 Å². The van der Waals surface area contributed by atoms with Crippen LogP contribution in [-0.4, -0.2) is 31.2 Å². The Morgan fingerprint density at radius 1 is 0.828 bits per heavy atom. The predicted molar refractivity (Wildman–Crippen MR) is 117 cm³/mol. The SMILES string of the molecule is CCCCCCCCCCCCCCC/C=C/C([O-])=NCCCCS(=O)(=O)O.[Na+]. The zero-order valence-electron chi connectivity index (χ0n) is 18.9. The zero-order valence-corrected chi connectivity index (χ0v) is 21.7. The largest absolute Gasteiger partial charge is 1.00 e. The Balaban J connectivity index is 0. The van der Waals surface area contributed by atoms with Crippen LogP contribution in [0, 0.1) is 0 Å². The monoisotopic (exact) mass is 439 g/mol. The van der Waals surface area contributed by atoms with E-state index >= 15 is 0 Å². The van der Waals surface area contributed by atoms with Crippen molar-refractivity contribution < 1.29 is 47.6 Å². The van der Waals surface area contributed by atoms with E-state index in [0.717, 1.165) is 12.8 Å². The van der Waals surface area contributed by atoms with Crippen molar-refractivity contribution in [3.8, 4) is 0 Å². The minimum absolute atomic E-state index is 0. The smallest absolute Gasteiger partial charge is 0.859 e. The minimum Gasteiger partial charge on any atom is -0.859 e. The number of nitrogens with zero attached hydrogens (tertiary/aromatic N) is 1. The van der Waals surface area contributed by atoms with Crippen LogP contribution in [0.25, 0.3) is 0 Å². The van der Waals surface area contributed by atoms with Crippen molar-refractivity contribution in [1.29, 1.82) is 0 Å². The van der Waals surface area contributed by atoms with Crippen molar-refractivity contribution in [3.05, 3.63) is 12.2 Å². The summed E-state index contributed by atoms with van der Waals surface area (Å²) in [5.74, 6) is -0.535. The summed E-state index contributed by atoms with van der Waals surface area (Å²) < 4.78 is 29.7. The van der Waals surface area contributed by atoms with Crippen molar-refractivity contribution in [2.45, 2.75) is 110 Å². The first-order valence-electron chi connectivity index (χ1n) is 11.3. The van der Waals surface area contributed by atoms with Crippen LogP contribution < -0.4 is 34.7 Å². The molecule has 0 spiro atoms. The first kappa shape index (κ1) is 31.3. The second-order valence-electron chi connectivity index (χ2n) is 7.65. The molecule has 0 fully saturated rings. The molecule has 0 amide bonds. The molecule has 0 aromatic rings. The molecule has 166 valence electrons. The summed E-state index contributed by atoms with van der Waals surface area (Å²) in [6.45, 7) is 2.56. The normalized spacial score (nSPS) is 12.4. The van der Waals surface area contributed by atoms with Gasteiger partial charge in [0, 0.05) is 6.54 Å². The van der Waals surface area contributed by atoms with Gasteiger partial charge in [-0.2, -0.15) is 8.42 Å². The molecule has 0 atom stereocenters. The van der Waals surface area contributed by atoms with Gasteiger partial charge in [0.05, 0.1) is 5.75 Å². The van der Waals surface area contributed by atoms with Gasteiger partial charge >= 0.3 is 29.6 Å². The molecule has 0 unspecified atom stereocenters. The fourth-order valence-corrected chi connectivity index (χ4v) is 3.67. The van der Waals surface area contributed by atoms with Crippen molar-refractivity contribution in [3.63, 3.8) is 0 Å². The van der Waals surface area contributed by atoms with Crippen LogP contribution in [0.4, 0.5) is 0 Å². The molecule has 0 aliphatic carbocycles. The Kier molecular flexibility index (Phi) is 24.6. The Hall–Kier alpha value is 0.120. The van der Waals surface area contributed by atoms with Crippen LogP contribution in [0.3, 0.4) is 0 Å². The van der Waals surface area contributed by atoms with Crippen LogP contribution in [0.5, 0.6) is 0 Å². The molecule has 5 nitrogen and oxygen atoms in total. The standard InChI is InChI=1S/C22H43NO4S.Na/c1-2-3-4-5-6-7-8-9-10-11-12-13-14-15-16-19-22(24)23-20-17-18-21-28(25,26)27;/h16,19H,2-15,17-18,20-21H2,1H3,(H,23,24)(H,25,26,27);/q;+1/p-1/b19-16+;. The van der Waals surface area contributed by atoms with E-state index in [4.69, 9.17) is 4.55 Å². The van der Waals surface area contributed by atoms with Crippen LogP contribution in [0.15, 0.2) is 17.1 Å². The van der Waals surface area contributed by atoms with Crippen LogP contribution in [-0.2, 0) is 10.1 Å². The molecule has 0 bridgehead atoms. The molecule has 0 saturated heterocycles. The molecule has 1 N–H and O–H groups in total. The molecule has 0 radical (unpaired) electrons. The number of hydrogen-bond acceptors (Lipinski definition) is 4. The molecular formula is C22H42NNaO4S. The van der Waals surface area contributed by atoms with Gasteiger partial charge < -0.3 is 10.1 Å². The number of aliphatic imine (C=N–C) groups is 1. The van der Waals surface area contributed by atoms with E-state index in [2.05, 4.69) is 11.9 Å². The molecule has 29 heavy (non-hydrogen) atoms. The first-order valence-corrected chi connectivity index (χ1v) is 12.9. The topological polar surface area (TPSA) is 89.8 Å². The Morgan fingerprint density at radius 2 is 1.31 bits per heavy atom. The van der Waals surface area contributed by atoms with Gasteiger partial charge in [0.2, 0.25) is 0 Å². The summed E-state index contributed by atoms with van der Waals surface area (Å²) in [5.41, 5.74) is 0. The molecule has 0 aromatic heterocycles. The fraction of sp³-hybridized carbons (Fsp3) is 0.864. The molecule has 7 heteroatoms. The van der Waals surface area contributed by atoms with E-state index in [1.165, 1.54) is 83.1 Å². The average molecular weight is 440 g/mol. The third kappa shape index (κ3) is 28.1. The maximum atomic E-state index is 11.5. The third-order valence-electron chi connectivity index (χ3n) is 4.81. The van der Waals surface area contributed by atoms with Crippen molar-refractivity contribution in [2.24, 2.45) is 4.99 Å². The van der Waals surface area contributed by atoms with Crippen LogP contribution in [0.1, 0.15) is 110 Å². The third-order valence-corrected chi connectivity index (χ3v) is 5.62. The average Bonchev–Trinajstić information content (AvgIpc) is 2.63. The molecule has 0 saturated carbocycles. The summed E-state index contributed by atoms with van der Waals surface area (Å²) in [5, 5.41) is 11.5. The van der Waals surface area contributed by atoms with Gasteiger partial charge in [0.1, 0.15) is 0 Å². The van der Waals surface area contributed by atoms with E-state index in [1.54, 1.807) is 0 Å². The van der Waals surface area contributed by atoms with Gasteiger partial charge in [-0.3, -0.25) is 4.55 Å². The zero-order chi connectivity index (χ0) is 20.9. The Bertz CT molecular complexity index is 507. The summed E-state index contributed by atoms with van der Waals surface area (Å²) in [6.07, 6.45) is 22.4. The van der Waals surface area contributed by atoms with Crippen LogP contribution in [0.2, 0.25) is 0 Å². The fourth-order valence-electron chi connectivity index (χ4n) is 3.10. The van der Waals surface area contributed by atoms with Gasteiger partial charge in [-0.15, -0.1) is 0 Å². The van der Waals surface area contributed by atoms with Crippen molar-refractivity contribution in [2.75, 3.05) is 12.3 Å². The van der Waals surface area contributed by atoms with Crippen LogP contribution >= 0.6 is 0 Å². The van der Waals surface area contributed by atoms with Gasteiger partial charge in [-0.05, 0) is 31.6 Å². The number of rotatable bonds is 20. The number of allylic oxidation sites excluding steroid dienone is 1. The molecule has 0 aliphatic heterocycles. The summed E-state index contributed by atoms with van der Waals surface area (Å²) in [7, 11) is -3.90. The molecule has 0 aromatic carbocycles. The second kappa shape index (κ2) is 22.8. The quantitative estimate of drug-likeness (QED) is 0.104. The van der Waals surface area contributed by atoms with E-state index in [1.807, 2.05) is 6.08 Å². The first-order chi connectivity index (χ1) is 13.5. The predicted octanol–water partition coefficient (Wildman–Crippen LogP) is 2.45. The van der Waals surface area contributed by atoms with Gasteiger partial charge in [0.15, 0.2) is 0 Å². The molecule has 0 aliphatic rings. The maximum Gasteiger partial charge on any atom is 1.00 e. The van der Waals surface area contributed by atoms with Gasteiger partial charge in [-0.1, -0.05) is 96.1 Å². The minimum atomic E-state index is -3.90. The molecular weight excluding hydrogens is 397 g/mol. The van der Waals surface area contributed by atoms with Crippen molar-refractivity contribution >= 4 is 16.0 Å². The Labute approximate surface area is 201 Å². The van der Waals surface area contributed by atoms with Gasteiger partial charge in [0.25, 0.3) is 10.1 Å². The van der Waals surface area contributed by atoms with Crippen molar-refractivity contribution in [1.82, 2.24) is 0 Å². The molecule has 0 rings (SSSR count). The maximum absolute atomic E-state index is 11.5. The Morgan fingerprint density at radius 3 is 1.79 bits per heavy atom. The van der Waals surface area contributed by atoms with Gasteiger partial charge in [-0.25, -0.2) is 0 Å². The summed E-state index contributed by atoms with van der Waals surface area (Å²) >= 11 is 0. The van der Waals surface area contributed by atoms with E-state index in [-0.39, 0.29) is 41.2 Å². The van der Waals surface area contributed by atoms with E-state index in [9.17, 15) is 13.5 Å².